The van der Waals surface area contributed by atoms with E-state index in [2.05, 4.69) is 0 Å². The van der Waals surface area contributed by atoms with Gasteiger partial charge in [-0.25, -0.2) is 0 Å². The van der Waals surface area contributed by atoms with Gasteiger partial charge in [-0.2, -0.15) is 11.3 Å². The molecule has 3 rings (SSSR count). The minimum atomic E-state index is -1.28. The monoisotopic (exact) mass is 300 g/mol. The van der Waals surface area contributed by atoms with E-state index in [9.17, 15) is 14.7 Å². The number of esters is 1. The predicted molar refractivity (Wildman–Crippen MR) is 79.0 cm³/mol. The molecule has 4 nitrogen and oxygen atoms in total. The SMILES string of the molecule is O=C(O)C(C(=O)OC1C=Cc2ccccc21)c1ccsc1. The lowest BCUT2D eigenvalue weighted by atomic mass is 10.0. The molecule has 1 aromatic carbocycles. The fourth-order valence-corrected chi connectivity index (χ4v) is 3.02. The molecule has 106 valence electrons. The summed E-state index contributed by atoms with van der Waals surface area (Å²) in [7, 11) is 0. The van der Waals surface area contributed by atoms with Gasteiger partial charge in [-0.15, -0.1) is 0 Å². The first-order valence-electron chi connectivity index (χ1n) is 6.39. The molecule has 2 atom stereocenters. The van der Waals surface area contributed by atoms with Crippen LogP contribution in [-0.4, -0.2) is 17.0 Å². The number of aliphatic carboxylic acids is 1. The van der Waals surface area contributed by atoms with E-state index in [0.29, 0.717) is 5.56 Å². The Kier molecular flexibility index (Phi) is 3.58. The van der Waals surface area contributed by atoms with E-state index in [-0.39, 0.29) is 0 Å². The first-order chi connectivity index (χ1) is 10.2. The molecule has 0 spiro atoms. The first kappa shape index (κ1) is 13.6. The second-order valence-corrected chi connectivity index (χ2v) is 5.45. The van der Waals surface area contributed by atoms with Gasteiger partial charge in [-0.1, -0.05) is 30.3 Å². The average Bonchev–Trinajstić information content (AvgIpc) is 3.09. The highest BCUT2D eigenvalue weighted by Crippen LogP contribution is 2.32. The molecular formula is C16H12O4S. The molecule has 5 heteroatoms. The Labute approximate surface area is 125 Å². The second kappa shape index (κ2) is 5.54. The van der Waals surface area contributed by atoms with Crippen LogP contribution in [0.4, 0.5) is 0 Å². The lowest BCUT2D eigenvalue weighted by molar-refractivity contribution is -0.156. The Morgan fingerprint density at radius 2 is 2.05 bits per heavy atom. The predicted octanol–water partition coefficient (Wildman–Crippen LogP) is 3.23. The molecule has 2 unspecified atom stereocenters. The third kappa shape index (κ3) is 2.60. The molecule has 0 aliphatic heterocycles. The number of rotatable bonds is 4. The van der Waals surface area contributed by atoms with E-state index < -0.39 is 24.0 Å². The van der Waals surface area contributed by atoms with Crippen LogP contribution in [0.1, 0.15) is 28.7 Å². The lowest BCUT2D eigenvalue weighted by Gasteiger charge is -2.16. The van der Waals surface area contributed by atoms with Crippen LogP contribution in [0.2, 0.25) is 0 Å². The second-order valence-electron chi connectivity index (χ2n) is 4.67. The molecule has 0 radical (unpaired) electrons. The standard InChI is InChI=1S/C16H12O4S/c17-15(18)14(11-7-8-21-9-11)16(19)20-13-6-5-10-3-1-2-4-12(10)13/h1-9,13-14H,(H,17,18). The third-order valence-corrected chi connectivity index (χ3v) is 4.06. The van der Waals surface area contributed by atoms with Crippen molar-refractivity contribution in [1.82, 2.24) is 0 Å². The van der Waals surface area contributed by atoms with Crippen LogP contribution in [0, 0.1) is 0 Å². The van der Waals surface area contributed by atoms with Gasteiger partial charge in [-0.3, -0.25) is 9.59 Å². The Hall–Kier alpha value is -2.40. The molecule has 1 N–H and O–H groups in total. The van der Waals surface area contributed by atoms with Crippen molar-refractivity contribution in [2.45, 2.75) is 12.0 Å². The van der Waals surface area contributed by atoms with Crippen molar-refractivity contribution in [2.75, 3.05) is 0 Å². The van der Waals surface area contributed by atoms with E-state index in [1.165, 1.54) is 11.3 Å². The van der Waals surface area contributed by atoms with E-state index in [1.54, 1.807) is 22.9 Å². The Bertz CT molecular complexity index is 703. The largest absolute Gasteiger partial charge is 0.480 e. The van der Waals surface area contributed by atoms with Crippen LogP contribution in [0.15, 0.2) is 47.2 Å². The lowest BCUT2D eigenvalue weighted by Crippen LogP contribution is -2.24. The van der Waals surface area contributed by atoms with Crippen molar-refractivity contribution in [1.29, 1.82) is 0 Å². The zero-order valence-corrected chi connectivity index (χ0v) is 11.7. The molecule has 21 heavy (non-hydrogen) atoms. The summed E-state index contributed by atoms with van der Waals surface area (Å²) in [5.41, 5.74) is 2.31. The van der Waals surface area contributed by atoms with Crippen molar-refractivity contribution in [3.63, 3.8) is 0 Å². The minimum Gasteiger partial charge on any atom is -0.480 e. The van der Waals surface area contributed by atoms with Crippen LogP contribution >= 0.6 is 11.3 Å². The molecule has 2 aromatic rings. The van der Waals surface area contributed by atoms with Gasteiger partial charge in [0, 0.05) is 5.56 Å². The summed E-state index contributed by atoms with van der Waals surface area (Å²) in [5.74, 6) is -3.22. The number of carbonyl (C=O) groups excluding carboxylic acids is 1. The first-order valence-corrected chi connectivity index (χ1v) is 7.33. The summed E-state index contributed by atoms with van der Waals surface area (Å²) in [6.07, 6.45) is 3.11. The Morgan fingerprint density at radius 1 is 1.24 bits per heavy atom. The normalized spacial score (nSPS) is 17.2. The number of carboxylic acid groups (broad SMARTS) is 1. The van der Waals surface area contributed by atoms with Gasteiger partial charge in [-0.05, 0) is 34.0 Å². The summed E-state index contributed by atoms with van der Waals surface area (Å²) in [4.78, 5) is 23.6. The van der Waals surface area contributed by atoms with Gasteiger partial charge in [0.15, 0.2) is 5.92 Å². The summed E-state index contributed by atoms with van der Waals surface area (Å²) >= 11 is 1.35. The van der Waals surface area contributed by atoms with Crippen LogP contribution in [0.5, 0.6) is 0 Å². The summed E-state index contributed by atoms with van der Waals surface area (Å²) < 4.78 is 5.38. The highest BCUT2D eigenvalue weighted by molar-refractivity contribution is 7.08. The van der Waals surface area contributed by atoms with Gasteiger partial charge >= 0.3 is 11.9 Å². The average molecular weight is 300 g/mol. The zero-order chi connectivity index (χ0) is 14.8. The van der Waals surface area contributed by atoms with Gasteiger partial charge in [0.2, 0.25) is 0 Å². The molecule has 0 amide bonds. The molecule has 0 saturated heterocycles. The molecule has 1 heterocycles. The van der Waals surface area contributed by atoms with Crippen molar-refractivity contribution in [2.24, 2.45) is 0 Å². The molecule has 0 fully saturated rings. The topological polar surface area (TPSA) is 63.6 Å². The molecule has 1 aromatic heterocycles. The number of hydrogen-bond acceptors (Lipinski definition) is 4. The summed E-state index contributed by atoms with van der Waals surface area (Å²) in [6.45, 7) is 0. The van der Waals surface area contributed by atoms with Gasteiger partial charge in [0.1, 0.15) is 6.10 Å². The number of carbonyl (C=O) groups is 2. The Balaban J connectivity index is 1.80. The molecular weight excluding hydrogens is 288 g/mol. The third-order valence-electron chi connectivity index (χ3n) is 3.36. The number of fused-ring (bicyclic) bond motifs is 1. The van der Waals surface area contributed by atoms with Crippen molar-refractivity contribution in [3.8, 4) is 0 Å². The highest BCUT2D eigenvalue weighted by Gasteiger charge is 2.33. The van der Waals surface area contributed by atoms with Crippen molar-refractivity contribution in [3.05, 3.63) is 63.9 Å². The fraction of sp³-hybridized carbons (Fsp3) is 0.125. The van der Waals surface area contributed by atoms with Gasteiger partial charge in [0.25, 0.3) is 0 Å². The quantitative estimate of drug-likeness (QED) is 0.695. The number of benzene rings is 1. The van der Waals surface area contributed by atoms with Crippen LogP contribution in [0.3, 0.4) is 0 Å². The number of thiophene rings is 1. The maximum absolute atomic E-state index is 12.2. The zero-order valence-electron chi connectivity index (χ0n) is 10.9. The number of carboxylic acids is 1. The fourth-order valence-electron chi connectivity index (χ4n) is 2.33. The molecule has 0 saturated carbocycles. The van der Waals surface area contributed by atoms with E-state index in [4.69, 9.17) is 4.74 Å². The highest BCUT2D eigenvalue weighted by atomic mass is 32.1. The summed E-state index contributed by atoms with van der Waals surface area (Å²) in [6, 6.07) is 9.18. The maximum Gasteiger partial charge on any atom is 0.325 e. The van der Waals surface area contributed by atoms with Crippen LogP contribution in [-0.2, 0) is 14.3 Å². The van der Waals surface area contributed by atoms with Crippen molar-refractivity contribution >= 4 is 29.4 Å². The van der Waals surface area contributed by atoms with Crippen LogP contribution in [0.25, 0.3) is 6.08 Å². The smallest absolute Gasteiger partial charge is 0.325 e. The molecule has 1 aliphatic carbocycles. The van der Waals surface area contributed by atoms with Crippen molar-refractivity contribution < 1.29 is 19.4 Å². The summed E-state index contributed by atoms with van der Waals surface area (Å²) in [5, 5.41) is 12.7. The molecule has 1 aliphatic rings. The van der Waals surface area contributed by atoms with E-state index in [1.807, 2.05) is 30.3 Å². The van der Waals surface area contributed by atoms with Gasteiger partial charge in [0.05, 0.1) is 0 Å². The van der Waals surface area contributed by atoms with E-state index >= 15 is 0 Å². The van der Waals surface area contributed by atoms with Gasteiger partial charge < -0.3 is 9.84 Å². The number of ether oxygens (including phenoxy) is 1. The van der Waals surface area contributed by atoms with Crippen LogP contribution < -0.4 is 0 Å². The van der Waals surface area contributed by atoms with E-state index in [0.717, 1.165) is 11.1 Å². The molecule has 0 bridgehead atoms. The minimum absolute atomic E-state index is 0.452. The maximum atomic E-state index is 12.2. The Morgan fingerprint density at radius 3 is 2.76 bits per heavy atom. The number of hydrogen-bond donors (Lipinski definition) is 1.